The maximum Gasteiger partial charge on any atom is 0.317 e. The molecule has 0 spiro atoms. The van der Waals surface area contributed by atoms with Crippen molar-refractivity contribution >= 4 is 5.97 Å². The van der Waals surface area contributed by atoms with Crippen LogP contribution in [0.4, 0.5) is 0 Å². The van der Waals surface area contributed by atoms with Crippen LogP contribution in [0.1, 0.15) is 38.7 Å². The third-order valence-corrected chi connectivity index (χ3v) is 4.24. The van der Waals surface area contributed by atoms with Gasteiger partial charge in [-0.2, -0.15) is 0 Å². The van der Waals surface area contributed by atoms with E-state index in [0.29, 0.717) is 13.0 Å². The van der Waals surface area contributed by atoms with Gasteiger partial charge in [-0.15, -0.1) is 0 Å². The highest BCUT2D eigenvalue weighted by Crippen LogP contribution is 2.35. The first-order valence-electron chi connectivity index (χ1n) is 7.70. The Bertz CT molecular complexity index is 462. The van der Waals surface area contributed by atoms with Crippen LogP contribution in [-0.4, -0.2) is 31.3 Å². The molecule has 2 rings (SSSR count). The first-order valence-corrected chi connectivity index (χ1v) is 7.70. The minimum absolute atomic E-state index is 0.0631. The minimum atomic E-state index is -0.813. The highest BCUT2D eigenvalue weighted by molar-refractivity contribution is 5.83. The Morgan fingerprint density at radius 1 is 1.38 bits per heavy atom. The van der Waals surface area contributed by atoms with Gasteiger partial charge in [0.25, 0.3) is 0 Å². The largest absolute Gasteiger partial charge is 0.465 e. The normalized spacial score (nSPS) is 24.5. The van der Waals surface area contributed by atoms with E-state index < -0.39 is 5.41 Å². The molecule has 21 heavy (non-hydrogen) atoms. The van der Waals surface area contributed by atoms with Crippen molar-refractivity contribution in [3.8, 4) is 0 Å². The van der Waals surface area contributed by atoms with Gasteiger partial charge in [-0.05, 0) is 38.7 Å². The molecule has 1 aliphatic heterocycles. The maximum absolute atomic E-state index is 12.6. The molecule has 4 nitrogen and oxygen atoms in total. The van der Waals surface area contributed by atoms with E-state index in [4.69, 9.17) is 15.2 Å². The predicted octanol–water partition coefficient (Wildman–Crippen LogP) is 2.40. The van der Waals surface area contributed by atoms with E-state index >= 15 is 0 Å². The van der Waals surface area contributed by atoms with Gasteiger partial charge in [0.1, 0.15) is 5.41 Å². The molecule has 4 heteroatoms. The van der Waals surface area contributed by atoms with Crippen molar-refractivity contribution in [3.63, 3.8) is 0 Å². The summed E-state index contributed by atoms with van der Waals surface area (Å²) < 4.78 is 11.2. The molecule has 1 fully saturated rings. The van der Waals surface area contributed by atoms with Gasteiger partial charge in [0.15, 0.2) is 0 Å². The number of hydrogen-bond acceptors (Lipinski definition) is 4. The van der Waals surface area contributed by atoms with Crippen LogP contribution in [0, 0.1) is 0 Å². The fourth-order valence-electron chi connectivity index (χ4n) is 3.05. The van der Waals surface area contributed by atoms with Crippen LogP contribution >= 0.6 is 0 Å². The number of ether oxygens (including phenoxy) is 2. The number of carbonyl (C=O) groups excluding carboxylic acids is 1. The molecular weight excluding hydrogens is 266 g/mol. The van der Waals surface area contributed by atoms with Crippen LogP contribution in [0.25, 0.3) is 0 Å². The van der Waals surface area contributed by atoms with Crippen LogP contribution in [0.15, 0.2) is 30.3 Å². The summed E-state index contributed by atoms with van der Waals surface area (Å²) >= 11 is 0. The highest BCUT2D eigenvalue weighted by Gasteiger charge is 2.43. The third kappa shape index (κ3) is 3.44. The standard InChI is InChI=1S/C17H25NO3/c1-3-20-16(19)17(12-18,14-7-5-4-6-8-14)11-15-10-9-13(2)21-15/h4-8,13,15H,3,9-12,18H2,1-2H3. The second-order valence-electron chi connectivity index (χ2n) is 5.72. The van der Waals surface area contributed by atoms with Gasteiger partial charge in [-0.1, -0.05) is 30.3 Å². The lowest BCUT2D eigenvalue weighted by atomic mass is 9.75. The number of carbonyl (C=O) groups is 1. The van der Waals surface area contributed by atoms with E-state index in [1.165, 1.54) is 0 Å². The van der Waals surface area contributed by atoms with E-state index in [9.17, 15) is 4.79 Å². The minimum Gasteiger partial charge on any atom is -0.465 e. The fraction of sp³-hybridized carbons (Fsp3) is 0.588. The number of esters is 1. The summed E-state index contributed by atoms with van der Waals surface area (Å²) in [5.74, 6) is -0.248. The number of nitrogens with two attached hydrogens (primary N) is 1. The van der Waals surface area contributed by atoms with Crippen molar-refractivity contribution in [1.82, 2.24) is 0 Å². The van der Waals surface area contributed by atoms with E-state index in [-0.39, 0.29) is 24.7 Å². The number of rotatable bonds is 6. The van der Waals surface area contributed by atoms with Crippen molar-refractivity contribution in [3.05, 3.63) is 35.9 Å². The molecule has 1 aromatic carbocycles. The molecule has 0 amide bonds. The van der Waals surface area contributed by atoms with Crippen LogP contribution in [-0.2, 0) is 19.7 Å². The summed E-state index contributed by atoms with van der Waals surface area (Å²) in [7, 11) is 0. The zero-order chi connectivity index (χ0) is 15.3. The molecule has 0 bridgehead atoms. The van der Waals surface area contributed by atoms with Crippen molar-refractivity contribution < 1.29 is 14.3 Å². The van der Waals surface area contributed by atoms with Crippen LogP contribution in [0.3, 0.4) is 0 Å². The van der Waals surface area contributed by atoms with Crippen LogP contribution in [0.2, 0.25) is 0 Å². The van der Waals surface area contributed by atoms with Gasteiger partial charge in [0.05, 0.1) is 18.8 Å². The topological polar surface area (TPSA) is 61.5 Å². The molecule has 1 heterocycles. The lowest BCUT2D eigenvalue weighted by molar-refractivity contribution is -0.151. The van der Waals surface area contributed by atoms with Crippen molar-refractivity contribution in [2.75, 3.05) is 13.2 Å². The van der Waals surface area contributed by atoms with Gasteiger partial charge >= 0.3 is 5.97 Å². The highest BCUT2D eigenvalue weighted by atomic mass is 16.5. The molecule has 116 valence electrons. The summed E-state index contributed by atoms with van der Waals surface area (Å²) in [5, 5.41) is 0. The van der Waals surface area contributed by atoms with Crippen LogP contribution in [0.5, 0.6) is 0 Å². The zero-order valence-electron chi connectivity index (χ0n) is 12.9. The van der Waals surface area contributed by atoms with Crippen molar-refractivity contribution in [1.29, 1.82) is 0 Å². The van der Waals surface area contributed by atoms with Crippen LogP contribution < -0.4 is 5.73 Å². The van der Waals surface area contributed by atoms with E-state index in [0.717, 1.165) is 18.4 Å². The molecule has 1 aliphatic rings. The predicted molar refractivity (Wildman–Crippen MR) is 82.0 cm³/mol. The summed E-state index contributed by atoms with van der Waals surface area (Å²) in [4.78, 5) is 12.6. The monoisotopic (exact) mass is 291 g/mol. The van der Waals surface area contributed by atoms with Crippen molar-refractivity contribution in [2.45, 2.75) is 50.7 Å². The quantitative estimate of drug-likeness (QED) is 0.818. The van der Waals surface area contributed by atoms with Crippen molar-refractivity contribution in [2.24, 2.45) is 5.73 Å². The first-order chi connectivity index (χ1) is 10.1. The maximum atomic E-state index is 12.6. The molecule has 0 aliphatic carbocycles. The Morgan fingerprint density at radius 3 is 2.62 bits per heavy atom. The first kappa shape index (κ1) is 16.0. The Morgan fingerprint density at radius 2 is 2.10 bits per heavy atom. The second-order valence-corrected chi connectivity index (χ2v) is 5.72. The summed E-state index contributed by atoms with van der Waals surface area (Å²) in [6, 6.07) is 9.68. The Hall–Kier alpha value is -1.39. The SMILES string of the molecule is CCOC(=O)C(CN)(CC1CCC(C)O1)c1ccccc1. The Labute approximate surface area is 126 Å². The molecule has 1 saturated heterocycles. The van der Waals surface area contributed by atoms with Gasteiger partial charge in [-0.3, -0.25) is 4.79 Å². The number of benzene rings is 1. The Balaban J connectivity index is 2.30. The second kappa shape index (κ2) is 7.05. The third-order valence-electron chi connectivity index (χ3n) is 4.24. The molecule has 3 atom stereocenters. The molecule has 0 saturated carbocycles. The molecule has 1 aromatic rings. The lowest BCUT2D eigenvalue weighted by Crippen LogP contribution is -2.46. The van der Waals surface area contributed by atoms with E-state index in [1.54, 1.807) is 0 Å². The molecule has 0 radical (unpaired) electrons. The van der Waals surface area contributed by atoms with E-state index in [2.05, 4.69) is 6.92 Å². The average molecular weight is 291 g/mol. The summed E-state index contributed by atoms with van der Waals surface area (Å²) in [6.45, 7) is 4.47. The smallest absolute Gasteiger partial charge is 0.317 e. The van der Waals surface area contributed by atoms with Gasteiger partial charge in [-0.25, -0.2) is 0 Å². The molecule has 0 aromatic heterocycles. The van der Waals surface area contributed by atoms with Gasteiger partial charge in [0, 0.05) is 6.54 Å². The average Bonchev–Trinajstić information content (AvgIpc) is 2.91. The number of hydrogen-bond donors (Lipinski definition) is 1. The summed E-state index contributed by atoms with van der Waals surface area (Å²) in [5.41, 5.74) is 6.13. The molecular formula is C17H25NO3. The summed E-state index contributed by atoms with van der Waals surface area (Å²) in [6.07, 6.45) is 2.89. The van der Waals surface area contributed by atoms with E-state index in [1.807, 2.05) is 37.3 Å². The Kier molecular flexibility index (Phi) is 5.37. The molecule has 2 N–H and O–H groups in total. The van der Waals surface area contributed by atoms with Gasteiger partial charge < -0.3 is 15.2 Å². The zero-order valence-corrected chi connectivity index (χ0v) is 12.9. The van der Waals surface area contributed by atoms with Gasteiger partial charge in [0.2, 0.25) is 0 Å². The fourth-order valence-corrected chi connectivity index (χ4v) is 3.05. The molecule has 3 unspecified atom stereocenters. The lowest BCUT2D eigenvalue weighted by Gasteiger charge is -2.32.